The van der Waals surface area contributed by atoms with Crippen LogP contribution in [0.5, 0.6) is 0 Å². The van der Waals surface area contributed by atoms with Crippen molar-refractivity contribution >= 4 is 34.7 Å². The van der Waals surface area contributed by atoms with E-state index in [1.807, 2.05) is 9.21 Å². The summed E-state index contributed by atoms with van der Waals surface area (Å²) in [5.74, 6) is 0.378. The molecule has 1 aromatic heterocycles. The highest BCUT2D eigenvalue weighted by Gasteiger charge is 2.30. The van der Waals surface area contributed by atoms with E-state index < -0.39 is 11.4 Å². The lowest BCUT2D eigenvalue weighted by atomic mass is 10.0. The molecule has 0 radical (unpaired) electrons. The molecule has 182 valence electrons. The molecule has 0 N–H and O–H groups in total. The van der Waals surface area contributed by atoms with Crippen LogP contribution in [0, 0.1) is 22.7 Å². The largest absolute Gasteiger partial charge is 0.593 e. The van der Waals surface area contributed by atoms with Crippen molar-refractivity contribution in [1.82, 2.24) is 14.2 Å². The quantitative estimate of drug-likeness (QED) is 0.473. The molecule has 4 rings (SSSR count). The lowest BCUT2D eigenvalue weighted by molar-refractivity contribution is 0.0828. The maximum atomic E-state index is 13.0. The second kappa shape index (κ2) is 11.0. The van der Waals surface area contributed by atoms with Gasteiger partial charge in [-0.2, -0.15) is 10.5 Å². The van der Waals surface area contributed by atoms with Crippen molar-refractivity contribution in [2.45, 2.75) is 4.90 Å². The number of amides is 1. The van der Waals surface area contributed by atoms with Crippen LogP contribution in [0.3, 0.4) is 0 Å². The van der Waals surface area contributed by atoms with E-state index in [0.717, 1.165) is 5.56 Å². The minimum Gasteiger partial charge on any atom is -0.593 e. The molecule has 3 aromatic rings. The standard InChI is InChI=1S/C26H23ClN6O2S/c1-31(2)26(34)22-8-7-18(14-23(22)27)21-13-20(16-29)25(30-17-21)32-9-11-33(12-10-32)36(35)24-6-4-3-5-19(24)15-28/h3-8,13-14,17H,9-12H2,1-2H3. The van der Waals surface area contributed by atoms with E-state index in [0.29, 0.717) is 64.2 Å². The summed E-state index contributed by atoms with van der Waals surface area (Å²) in [6.07, 6.45) is 1.68. The number of benzene rings is 2. The number of nitriles is 2. The van der Waals surface area contributed by atoms with E-state index in [4.69, 9.17) is 11.6 Å². The van der Waals surface area contributed by atoms with Crippen LogP contribution >= 0.6 is 11.6 Å². The fraction of sp³-hybridized carbons (Fsp3) is 0.231. The first-order chi connectivity index (χ1) is 17.3. The summed E-state index contributed by atoms with van der Waals surface area (Å²) in [4.78, 5) is 20.8. The second-order valence-electron chi connectivity index (χ2n) is 8.37. The summed E-state index contributed by atoms with van der Waals surface area (Å²) >= 11 is 4.92. The van der Waals surface area contributed by atoms with Gasteiger partial charge in [0.2, 0.25) is 0 Å². The number of carbonyl (C=O) groups is 1. The molecule has 0 bridgehead atoms. The molecule has 2 heterocycles. The van der Waals surface area contributed by atoms with Crippen molar-refractivity contribution < 1.29 is 9.35 Å². The predicted molar refractivity (Wildman–Crippen MR) is 139 cm³/mol. The Labute approximate surface area is 218 Å². The molecule has 1 fully saturated rings. The number of aromatic nitrogens is 1. The Morgan fingerprint density at radius 1 is 1.03 bits per heavy atom. The maximum absolute atomic E-state index is 13.0. The number of pyridine rings is 1. The normalized spacial score (nSPS) is 14.6. The Kier molecular flexibility index (Phi) is 7.78. The third-order valence-electron chi connectivity index (χ3n) is 5.89. The average molecular weight is 519 g/mol. The Balaban J connectivity index is 1.50. The van der Waals surface area contributed by atoms with Crippen molar-refractivity contribution in [3.05, 3.63) is 76.4 Å². The molecule has 1 aliphatic rings. The number of halogens is 1. The highest BCUT2D eigenvalue weighted by atomic mass is 35.5. The summed E-state index contributed by atoms with van der Waals surface area (Å²) < 4.78 is 14.9. The van der Waals surface area contributed by atoms with Crippen LogP contribution in [0.25, 0.3) is 11.1 Å². The monoisotopic (exact) mass is 518 g/mol. The Hall–Kier alpha value is -3.60. The van der Waals surface area contributed by atoms with Crippen molar-refractivity contribution in [2.75, 3.05) is 45.2 Å². The molecule has 1 saturated heterocycles. The van der Waals surface area contributed by atoms with Gasteiger partial charge in [0.25, 0.3) is 5.91 Å². The van der Waals surface area contributed by atoms with Crippen LogP contribution in [-0.2, 0) is 11.4 Å². The average Bonchev–Trinajstić information content (AvgIpc) is 2.91. The second-order valence-corrected chi connectivity index (χ2v) is 10.2. The summed E-state index contributed by atoms with van der Waals surface area (Å²) in [7, 11) is 3.33. The smallest absolute Gasteiger partial charge is 0.254 e. The molecule has 8 nitrogen and oxygen atoms in total. The minimum absolute atomic E-state index is 0.186. The SMILES string of the molecule is CN(C)C(=O)c1ccc(-c2cnc(N3CCN([S+]([O-])c4ccccc4C#N)CC3)c(C#N)c2)cc1Cl. The van der Waals surface area contributed by atoms with E-state index in [-0.39, 0.29) is 5.91 Å². The van der Waals surface area contributed by atoms with Gasteiger partial charge in [-0.05, 0) is 35.9 Å². The molecule has 2 aromatic carbocycles. The van der Waals surface area contributed by atoms with E-state index in [1.165, 1.54) is 4.90 Å². The molecule has 0 aliphatic carbocycles. The van der Waals surface area contributed by atoms with Gasteiger partial charge in [-0.1, -0.05) is 29.8 Å². The molecule has 36 heavy (non-hydrogen) atoms. The van der Waals surface area contributed by atoms with E-state index in [9.17, 15) is 19.9 Å². The van der Waals surface area contributed by atoms with E-state index in [1.54, 1.807) is 68.8 Å². The van der Waals surface area contributed by atoms with Gasteiger partial charge in [-0.25, -0.2) is 4.98 Å². The van der Waals surface area contributed by atoms with Crippen molar-refractivity contribution in [2.24, 2.45) is 0 Å². The number of carbonyl (C=O) groups excluding carboxylic acids is 1. The zero-order valence-corrected chi connectivity index (χ0v) is 21.4. The first-order valence-electron chi connectivity index (χ1n) is 11.2. The minimum atomic E-state index is -1.44. The number of nitrogens with zero attached hydrogens (tertiary/aromatic N) is 6. The third kappa shape index (κ3) is 5.15. The van der Waals surface area contributed by atoms with Crippen LogP contribution in [-0.4, -0.2) is 64.9 Å². The molecule has 0 spiro atoms. The van der Waals surface area contributed by atoms with Gasteiger partial charge >= 0.3 is 0 Å². The topological polar surface area (TPSA) is 110 Å². The van der Waals surface area contributed by atoms with Gasteiger partial charge < -0.3 is 14.4 Å². The number of hydrogen-bond donors (Lipinski definition) is 0. The Morgan fingerprint density at radius 2 is 1.72 bits per heavy atom. The van der Waals surface area contributed by atoms with Gasteiger partial charge in [-0.15, -0.1) is 4.31 Å². The van der Waals surface area contributed by atoms with Gasteiger partial charge in [-0.3, -0.25) is 4.79 Å². The van der Waals surface area contributed by atoms with Crippen LogP contribution in [0.2, 0.25) is 5.02 Å². The zero-order valence-electron chi connectivity index (χ0n) is 19.8. The highest BCUT2D eigenvalue weighted by Crippen LogP contribution is 2.30. The molecule has 10 heteroatoms. The fourth-order valence-electron chi connectivity index (χ4n) is 3.97. The third-order valence-corrected chi connectivity index (χ3v) is 7.77. The van der Waals surface area contributed by atoms with Crippen molar-refractivity contribution in [1.29, 1.82) is 10.5 Å². The van der Waals surface area contributed by atoms with Gasteiger partial charge in [0.1, 0.15) is 23.5 Å². The summed E-state index contributed by atoms with van der Waals surface area (Å²) in [6.45, 7) is 2.07. The molecule has 1 atom stereocenters. The van der Waals surface area contributed by atoms with Crippen LogP contribution in [0.4, 0.5) is 5.82 Å². The number of anilines is 1. The Bertz CT molecular complexity index is 1380. The summed E-state index contributed by atoms with van der Waals surface area (Å²) in [5, 5.41) is 19.5. The van der Waals surface area contributed by atoms with E-state index >= 15 is 0 Å². The molecule has 0 saturated carbocycles. The lowest BCUT2D eigenvalue weighted by Gasteiger charge is -2.35. The van der Waals surface area contributed by atoms with E-state index in [2.05, 4.69) is 17.1 Å². The molecular formula is C26H23ClN6O2S. The summed E-state index contributed by atoms with van der Waals surface area (Å²) in [6, 6.07) is 18.1. The van der Waals surface area contributed by atoms with Gasteiger partial charge in [0.05, 0.1) is 40.6 Å². The Morgan fingerprint density at radius 3 is 2.36 bits per heavy atom. The number of rotatable bonds is 5. The predicted octanol–water partition coefficient (Wildman–Crippen LogP) is 3.69. The number of piperazine rings is 1. The fourth-order valence-corrected chi connectivity index (χ4v) is 5.51. The first kappa shape index (κ1) is 25.5. The van der Waals surface area contributed by atoms with Crippen molar-refractivity contribution in [3.8, 4) is 23.3 Å². The molecule has 1 unspecified atom stereocenters. The van der Waals surface area contributed by atoms with Gasteiger partial charge in [0.15, 0.2) is 4.90 Å². The van der Waals surface area contributed by atoms with Crippen LogP contribution in [0.1, 0.15) is 21.5 Å². The van der Waals surface area contributed by atoms with Crippen LogP contribution < -0.4 is 4.90 Å². The molecule has 1 amide bonds. The zero-order chi connectivity index (χ0) is 25.8. The lowest BCUT2D eigenvalue weighted by Crippen LogP contribution is -2.49. The molecule has 1 aliphatic heterocycles. The van der Waals surface area contributed by atoms with Gasteiger partial charge in [0, 0.05) is 38.9 Å². The maximum Gasteiger partial charge on any atom is 0.254 e. The summed E-state index contributed by atoms with van der Waals surface area (Å²) in [5.41, 5.74) is 2.70. The first-order valence-corrected chi connectivity index (χ1v) is 12.6. The highest BCUT2D eigenvalue weighted by molar-refractivity contribution is 7.89. The molecular weight excluding hydrogens is 496 g/mol. The van der Waals surface area contributed by atoms with Crippen LogP contribution in [0.15, 0.2) is 59.6 Å². The van der Waals surface area contributed by atoms with Crippen molar-refractivity contribution in [3.63, 3.8) is 0 Å². The number of hydrogen-bond acceptors (Lipinski definition) is 7.